The molecule has 0 spiro atoms. The number of nitrogens with one attached hydrogen (secondary N) is 1. The molecule has 0 aliphatic heterocycles. The van der Waals surface area contributed by atoms with Gasteiger partial charge in [-0.3, -0.25) is 4.79 Å². The first kappa shape index (κ1) is 14.8. The fraction of sp³-hybridized carbons (Fsp3) is 0.250. The first-order valence-corrected chi connectivity index (χ1v) is 6.85. The highest BCUT2D eigenvalue weighted by molar-refractivity contribution is 5.89. The van der Waals surface area contributed by atoms with E-state index in [0.29, 0.717) is 10.9 Å². The number of pyridine rings is 1. The summed E-state index contributed by atoms with van der Waals surface area (Å²) in [7, 11) is 0. The number of aromatic hydroxyl groups is 1. The molecule has 2 N–H and O–H groups in total. The van der Waals surface area contributed by atoms with Gasteiger partial charge in [-0.05, 0) is 31.5 Å². The quantitative estimate of drug-likeness (QED) is 0.717. The van der Waals surface area contributed by atoms with E-state index >= 15 is 0 Å². The third-order valence-corrected chi connectivity index (χ3v) is 3.14. The zero-order valence-corrected chi connectivity index (χ0v) is 12.5. The first-order valence-electron chi connectivity index (χ1n) is 6.85. The van der Waals surface area contributed by atoms with Crippen molar-refractivity contribution in [1.82, 2.24) is 10.1 Å². The van der Waals surface area contributed by atoms with Gasteiger partial charge in [0.15, 0.2) is 0 Å². The van der Waals surface area contributed by atoms with E-state index in [1.54, 1.807) is 6.07 Å². The Balaban J connectivity index is 0.000000774. The highest BCUT2D eigenvalue weighted by Crippen LogP contribution is 2.31. The summed E-state index contributed by atoms with van der Waals surface area (Å²) in [5, 5.41) is 14.4. The van der Waals surface area contributed by atoms with Crippen molar-refractivity contribution >= 4 is 10.9 Å². The van der Waals surface area contributed by atoms with Gasteiger partial charge >= 0.3 is 0 Å². The summed E-state index contributed by atoms with van der Waals surface area (Å²) < 4.78 is 5.14. The standard InChI is InChI=1S/C14H12N2O3.C2H6/c1-7-14(8(2)19-16-7)9-3-4-11-10(5-9)12(17)6-13(18)15-11;1-2/h3-6H,1-2H3,(H2,15,17,18);1-2H3. The maximum absolute atomic E-state index is 11.3. The zero-order valence-electron chi connectivity index (χ0n) is 12.5. The molecule has 0 unspecified atom stereocenters. The van der Waals surface area contributed by atoms with Gasteiger partial charge in [0, 0.05) is 17.0 Å². The predicted molar refractivity (Wildman–Crippen MR) is 82.6 cm³/mol. The molecule has 110 valence electrons. The van der Waals surface area contributed by atoms with Gasteiger partial charge < -0.3 is 14.6 Å². The lowest BCUT2D eigenvalue weighted by molar-refractivity contribution is 0.393. The average Bonchev–Trinajstić information content (AvgIpc) is 2.80. The molecule has 21 heavy (non-hydrogen) atoms. The van der Waals surface area contributed by atoms with Crippen molar-refractivity contribution in [3.63, 3.8) is 0 Å². The second-order valence-corrected chi connectivity index (χ2v) is 4.48. The van der Waals surface area contributed by atoms with Gasteiger partial charge in [-0.15, -0.1) is 0 Å². The van der Waals surface area contributed by atoms with Gasteiger partial charge in [0.05, 0.1) is 11.2 Å². The van der Waals surface area contributed by atoms with Crippen LogP contribution in [0.5, 0.6) is 5.75 Å². The Morgan fingerprint density at radius 1 is 1.19 bits per heavy atom. The van der Waals surface area contributed by atoms with Crippen LogP contribution in [0, 0.1) is 13.8 Å². The Morgan fingerprint density at radius 3 is 2.52 bits per heavy atom. The van der Waals surface area contributed by atoms with E-state index in [9.17, 15) is 9.90 Å². The largest absolute Gasteiger partial charge is 0.507 e. The Morgan fingerprint density at radius 2 is 1.90 bits per heavy atom. The molecule has 5 nitrogen and oxygen atoms in total. The summed E-state index contributed by atoms with van der Waals surface area (Å²) in [6.45, 7) is 7.70. The van der Waals surface area contributed by atoms with Gasteiger partial charge in [0.1, 0.15) is 11.5 Å². The van der Waals surface area contributed by atoms with Gasteiger partial charge in [-0.2, -0.15) is 0 Å². The van der Waals surface area contributed by atoms with Crippen LogP contribution in [0.25, 0.3) is 22.0 Å². The molecule has 1 aromatic carbocycles. The van der Waals surface area contributed by atoms with Crippen molar-refractivity contribution in [2.45, 2.75) is 27.7 Å². The van der Waals surface area contributed by atoms with Gasteiger partial charge in [-0.1, -0.05) is 25.1 Å². The van der Waals surface area contributed by atoms with Crippen LogP contribution in [0.3, 0.4) is 0 Å². The third kappa shape index (κ3) is 2.67. The number of hydrogen-bond acceptors (Lipinski definition) is 4. The van der Waals surface area contributed by atoms with Crippen molar-refractivity contribution in [3.05, 3.63) is 46.1 Å². The van der Waals surface area contributed by atoms with Crippen LogP contribution in [0.4, 0.5) is 0 Å². The minimum atomic E-state index is -0.324. The number of hydrogen-bond donors (Lipinski definition) is 2. The fourth-order valence-corrected chi connectivity index (χ4v) is 2.29. The molecule has 0 fully saturated rings. The van der Waals surface area contributed by atoms with Crippen molar-refractivity contribution in [2.24, 2.45) is 0 Å². The van der Waals surface area contributed by atoms with E-state index in [0.717, 1.165) is 22.6 Å². The maximum atomic E-state index is 11.3. The normalized spacial score (nSPS) is 10.3. The van der Waals surface area contributed by atoms with Crippen LogP contribution in [0.2, 0.25) is 0 Å². The SMILES string of the molecule is CC.Cc1noc(C)c1-c1ccc2[nH]c(=O)cc(O)c2c1. The van der Waals surface area contributed by atoms with Gasteiger partial charge in [-0.25, -0.2) is 0 Å². The number of fused-ring (bicyclic) bond motifs is 1. The van der Waals surface area contributed by atoms with Crippen LogP contribution >= 0.6 is 0 Å². The fourth-order valence-electron chi connectivity index (χ4n) is 2.29. The molecule has 0 saturated heterocycles. The molecule has 0 aliphatic rings. The molecule has 0 bridgehead atoms. The number of aryl methyl sites for hydroxylation is 2. The second-order valence-electron chi connectivity index (χ2n) is 4.48. The maximum Gasteiger partial charge on any atom is 0.252 e. The number of H-pyrrole nitrogens is 1. The molecule has 0 radical (unpaired) electrons. The summed E-state index contributed by atoms with van der Waals surface area (Å²) in [5.74, 6) is 0.688. The minimum Gasteiger partial charge on any atom is -0.507 e. The van der Waals surface area contributed by atoms with E-state index in [-0.39, 0.29) is 11.3 Å². The van der Waals surface area contributed by atoms with Gasteiger partial charge in [0.25, 0.3) is 5.56 Å². The first-order chi connectivity index (χ1) is 10.1. The number of aromatic nitrogens is 2. The van der Waals surface area contributed by atoms with Crippen molar-refractivity contribution in [3.8, 4) is 16.9 Å². The molecule has 5 heteroatoms. The van der Waals surface area contributed by atoms with Crippen molar-refractivity contribution < 1.29 is 9.63 Å². The Bertz CT molecular complexity index is 812. The zero-order chi connectivity index (χ0) is 15.6. The number of benzene rings is 1. The van der Waals surface area contributed by atoms with Crippen LogP contribution in [-0.4, -0.2) is 15.2 Å². The monoisotopic (exact) mass is 286 g/mol. The second kappa shape index (κ2) is 5.83. The lowest BCUT2D eigenvalue weighted by Gasteiger charge is -2.04. The summed E-state index contributed by atoms with van der Waals surface area (Å²) in [5.41, 5.74) is 2.87. The van der Waals surface area contributed by atoms with Crippen molar-refractivity contribution in [1.29, 1.82) is 0 Å². The molecule has 0 amide bonds. The predicted octanol–water partition coefficient (Wildman–Crippen LogP) is 3.53. The van der Waals surface area contributed by atoms with Crippen LogP contribution in [0.1, 0.15) is 25.3 Å². The highest BCUT2D eigenvalue weighted by atomic mass is 16.5. The number of rotatable bonds is 1. The van der Waals surface area contributed by atoms with Gasteiger partial charge in [0.2, 0.25) is 0 Å². The third-order valence-electron chi connectivity index (χ3n) is 3.14. The molecule has 3 aromatic rings. The molecule has 2 heterocycles. The molecule has 2 aromatic heterocycles. The number of nitrogens with zero attached hydrogens (tertiary/aromatic N) is 1. The summed E-state index contributed by atoms with van der Waals surface area (Å²) in [6, 6.07) is 6.61. The summed E-state index contributed by atoms with van der Waals surface area (Å²) in [6.07, 6.45) is 0. The topological polar surface area (TPSA) is 79.1 Å². The van der Waals surface area contributed by atoms with E-state index < -0.39 is 0 Å². The molecule has 0 aliphatic carbocycles. The van der Waals surface area contributed by atoms with E-state index in [2.05, 4.69) is 10.1 Å². The van der Waals surface area contributed by atoms with Crippen molar-refractivity contribution in [2.75, 3.05) is 0 Å². The summed E-state index contributed by atoms with van der Waals surface area (Å²) in [4.78, 5) is 14.0. The molecule has 3 rings (SSSR count). The summed E-state index contributed by atoms with van der Waals surface area (Å²) >= 11 is 0. The Kier molecular flexibility index (Phi) is 4.12. The lowest BCUT2D eigenvalue weighted by Crippen LogP contribution is -2.02. The molecule has 0 atom stereocenters. The Labute approximate surface area is 122 Å². The lowest BCUT2D eigenvalue weighted by atomic mass is 10.0. The average molecular weight is 286 g/mol. The highest BCUT2D eigenvalue weighted by Gasteiger charge is 2.12. The molecule has 0 saturated carbocycles. The molecular weight excluding hydrogens is 268 g/mol. The minimum absolute atomic E-state index is 0.0349. The number of aromatic amines is 1. The van der Waals surface area contributed by atoms with Crippen LogP contribution < -0.4 is 5.56 Å². The Hall–Kier alpha value is -2.56. The van der Waals surface area contributed by atoms with Crippen LogP contribution in [-0.2, 0) is 0 Å². The van der Waals surface area contributed by atoms with E-state index in [4.69, 9.17) is 4.52 Å². The molecular formula is C16H18N2O3. The van der Waals surface area contributed by atoms with Crippen LogP contribution in [0.15, 0.2) is 33.6 Å². The smallest absolute Gasteiger partial charge is 0.252 e. The van der Waals surface area contributed by atoms with E-state index in [1.807, 2.05) is 39.8 Å². The van der Waals surface area contributed by atoms with E-state index in [1.165, 1.54) is 6.07 Å².